The summed E-state index contributed by atoms with van der Waals surface area (Å²) in [5.74, 6) is 0.842. The van der Waals surface area contributed by atoms with Crippen LogP contribution in [0.4, 0.5) is 5.82 Å². The van der Waals surface area contributed by atoms with E-state index in [4.69, 9.17) is 5.11 Å². The fourth-order valence-electron chi connectivity index (χ4n) is 1.52. The summed E-state index contributed by atoms with van der Waals surface area (Å²) in [5.41, 5.74) is 0.578. The number of nitrogens with zero attached hydrogens (tertiary/aromatic N) is 2. The van der Waals surface area contributed by atoms with Crippen molar-refractivity contribution in [2.75, 3.05) is 18.1 Å². The van der Waals surface area contributed by atoms with Crippen LogP contribution in [0.1, 0.15) is 30.6 Å². The average Bonchev–Trinajstić information content (AvgIpc) is 2.30. The summed E-state index contributed by atoms with van der Waals surface area (Å²) >= 11 is 0. The number of aldehydes is 1. The molecule has 16 heavy (non-hydrogen) atoms. The van der Waals surface area contributed by atoms with E-state index in [1.54, 1.807) is 12.3 Å². The lowest BCUT2D eigenvalue weighted by Crippen LogP contribution is -2.32. The smallest absolute Gasteiger partial charge is 0.151 e. The van der Waals surface area contributed by atoms with Gasteiger partial charge in [0.2, 0.25) is 0 Å². The van der Waals surface area contributed by atoms with Gasteiger partial charge in [-0.05, 0) is 32.4 Å². The highest BCUT2D eigenvalue weighted by Gasteiger charge is 2.10. The predicted octanol–water partition coefficient (Wildman–Crippen LogP) is 1.49. The van der Waals surface area contributed by atoms with E-state index < -0.39 is 0 Å². The molecule has 0 aliphatic heterocycles. The van der Waals surface area contributed by atoms with E-state index in [2.05, 4.69) is 23.7 Å². The molecular weight excluding hydrogens is 204 g/mol. The van der Waals surface area contributed by atoms with Gasteiger partial charge in [0.15, 0.2) is 6.29 Å². The Labute approximate surface area is 95.9 Å². The van der Waals surface area contributed by atoms with Crippen LogP contribution in [0.5, 0.6) is 0 Å². The van der Waals surface area contributed by atoms with Crippen LogP contribution in [0.15, 0.2) is 18.3 Å². The molecule has 0 fully saturated rings. The van der Waals surface area contributed by atoms with Crippen molar-refractivity contribution in [1.29, 1.82) is 0 Å². The SMILES string of the molecule is CC(C)N(CCCO)c1ccc(C=O)cn1. The first-order chi connectivity index (χ1) is 7.69. The third-order valence-corrected chi connectivity index (χ3v) is 2.38. The zero-order valence-corrected chi connectivity index (χ0v) is 9.76. The molecule has 4 heteroatoms. The Bertz CT molecular complexity index is 322. The van der Waals surface area contributed by atoms with Crippen LogP contribution in [0, 0.1) is 0 Å². The molecular formula is C12H18N2O2. The maximum absolute atomic E-state index is 10.5. The van der Waals surface area contributed by atoms with Gasteiger partial charge >= 0.3 is 0 Å². The maximum Gasteiger partial charge on any atom is 0.151 e. The molecule has 88 valence electrons. The van der Waals surface area contributed by atoms with Crippen LogP contribution in [-0.4, -0.2) is 35.6 Å². The van der Waals surface area contributed by atoms with E-state index in [1.807, 2.05) is 6.07 Å². The van der Waals surface area contributed by atoms with Crippen LogP contribution in [-0.2, 0) is 0 Å². The molecule has 1 aromatic rings. The van der Waals surface area contributed by atoms with Crippen molar-refractivity contribution in [1.82, 2.24) is 4.98 Å². The topological polar surface area (TPSA) is 53.4 Å². The second kappa shape index (κ2) is 6.23. The molecule has 4 nitrogen and oxygen atoms in total. The number of rotatable bonds is 6. The summed E-state index contributed by atoms with van der Waals surface area (Å²) in [6, 6.07) is 3.91. The monoisotopic (exact) mass is 222 g/mol. The highest BCUT2D eigenvalue weighted by Crippen LogP contribution is 2.14. The molecule has 0 radical (unpaired) electrons. The zero-order valence-electron chi connectivity index (χ0n) is 9.76. The fourth-order valence-corrected chi connectivity index (χ4v) is 1.52. The number of carbonyl (C=O) groups excluding carboxylic acids is 1. The molecule has 1 heterocycles. The van der Waals surface area contributed by atoms with Gasteiger partial charge in [0.05, 0.1) is 0 Å². The minimum Gasteiger partial charge on any atom is -0.396 e. The molecule has 0 atom stereocenters. The van der Waals surface area contributed by atoms with E-state index in [-0.39, 0.29) is 6.61 Å². The minimum atomic E-state index is 0.176. The second-order valence-corrected chi connectivity index (χ2v) is 3.93. The summed E-state index contributed by atoms with van der Waals surface area (Å²) in [6.45, 7) is 5.09. The molecule has 0 amide bonds. The van der Waals surface area contributed by atoms with Crippen LogP contribution in [0.2, 0.25) is 0 Å². The predicted molar refractivity (Wildman–Crippen MR) is 63.8 cm³/mol. The Morgan fingerprint density at radius 1 is 1.50 bits per heavy atom. The third kappa shape index (κ3) is 3.31. The van der Waals surface area contributed by atoms with E-state index in [1.165, 1.54) is 0 Å². The molecule has 1 aromatic heterocycles. The fraction of sp³-hybridized carbons (Fsp3) is 0.500. The van der Waals surface area contributed by atoms with Gasteiger partial charge in [-0.1, -0.05) is 0 Å². The summed E-state index contributed by atoms with van der Waals surface area (Å²) < 4.78 is 0. The molecule has 1 rings (SSSR count). The number of aliphatic hydroxyl groups excluding tert-OH is 1. The summed E-state index contributed by atoms with van der Waals surface area (Å²) in [5, 5.41) is 8.83. The Morgan fingerprint density at radius 2 is 2.25 bits per heavy atom. The Morgan fingerprint density at radius 3 is 2.69 bits per heavy atom. The first-order valence-corrected chi connectivity index (χ1v) is 5.47. The Hall–Kier alpha value is -1.42. The van der Waals surface area contributed by atoms with E-state index in [0.717, 1.165) is 25.1 Å². The van der Waals surface area contributed by atoms with Crippen molar-refractivity contribution in [3.05, 3.63) is 23.9 Å². The highest BCUT2D eigenvalue weighted by atomic mass is 16.3. The summed E-state index contributed by atoms with van der Waals surface area (Å²) in [6.07, 6.45) is 3.07. The number of aromatic nitrogens is 1. The Balaban J connectivity index is 2.79. The van der Waals surface area contributed by atoms with Gasteiger partial charge < -0.3 is 10.0 Å². The van der Waals surface area contributed by atoms with Crippen LogP contribution in [0.3, 0.4) is 0 Å². The van der Waals surface area contributed by atoms with Crippen LogP contribution >= 0.6 is 0 Å². The first-order valence-electron chi connectivity index (χ1n) is 5.47. The molecule has 0 aliphatic rings. The van der Waals surface area contributed by atoms with Gasteiger partial charge in [-0.15, -0.1) is 0 Å². The number of hydrogen-bond acceptors (Lipinski definition) is 4. The molecule has 0 spiro atoms. The molecule has 0 bridgehead atoms. The van der Waals surface area contributed by atoms with Crippen molar-refractivity contribution in [2.45, 2.75) is 26.3 Å². The van der Waals surface area contributed by atoms with Crippen molar-refractivity contribution in [2.24, 2.45) is 0 Å². The number of anilines is 1. The second-order valence-electron chi connectivity index (χ2n) is 3.93. The van der Waals surface area contributed by atoms with Crippen molar-refractivity contribution >= 4 is 12.1 Å². The molecule has 0 saturated heterocycles. The number of aliphatic hydroxyl groups is 1. The van der Waals surface area contributed by atoms with Gasteiger partial charge in [-0.25, -0.2) is 4.98 Å². The average molecular weight is 222 g/mol. The van der Waals surface area contributed by atoms with Gasteiger partial charge in [-0.3, -0.25) is 4.79 Å². The normalized spacial score (nSPS) is 10.5. The lowest BCUT2D eigenvalue weighted by Gasteiger charge is -2.27. The summed E-state index contributed by atoms with van der Waals surface area (Å²) in [7, 11) is 0. The molecule has 0 saturated carbocycles. The standard InChI is InChI=1S/C12H18N2O2/c1-10(2)14(6-3-7-15)12-5-4-11(9-16)8-13-12/h4-5,8-10,15H,3,6-7H2,1-2H3. The van der Waals surface area contributed by atoms with Gasteiger partial charge in [-0.2, -0.15) is 0 Å². The van der Waals surface area contributed by atoms with Gasteiger partial charge in [0.25, 0.3) is 0 Å². The van der Waals surface area contributed by atoms with Gasteiger partial charge in [0.1, 0.15) is 5.82 Å². The lowest BCUT2D eigenvalue weighted by molar-refractivity contribution is 0.112. The quantitative estimate of drug-likeness (QED) is 0.741. The van der Waals surface area contributed by atoms with Crippen LogP contribution < -0.4 is 4.90 Å². The van der Waals surface area contributed by atoms with Crippen molar-refractivity contribution in [3.8, 4) is 0 Å². The number of hydrogen-bond donors (Lipinski definition) is 1. The third-order valence-electron chi connectivity index (χ3n) is 2.38. The largest absolute Gasteiger partial charge is 0.396 e. The highest BCUT2D eigenvalue weighted by molar-refractivity contribution is 5.74. The molecule has 0 aliphatic carbocycles. The molecule has 0 unspecified atom stereocenters. The Kier molecular flexibility index (Phi) is 4.92. The van der Waals surface area contributed by atoms with Gasteiger partial charge in [0, 0.05) is 31.0 Å². The van der Waals surface area contributed by atoms with E-state index in [9.17, 15) is 4.79 Å². The van der Waals surface area contributed by atoms with Crippen molar-refractivity contribution < 1.29 is 9.90 Å². The summed E-state index contributed by atoms with van der Waals surface area (Å²) in [4.78, 5) is 16.8. The first kappa shape index (κ1) is 12.6. The zero-order chi connectivity index (χ0) is 12.0. The maximum atomic E-state index is 10.5. The van der Waals surface area contributed by atoms with E-state index in [0.29, 0.717) is 11.6 Å². The van der Waals surface area contributed by atoms with Crippen molar-refractivity contribution in [3.63, 3.8) is 0 Å². The van der Waals surface area contributed by atoms with E-state index >= 15 is 0 Å². The lowest BCUT2D eigenvalue weighted by atomic mass is 10.2. The molecule has 0 aromatic carbocycles. The number of carbonyl (C=O) groups is 1. The minimum absolute atomic E-state index is 0.176. The van der Waals surface area contributed by atoms with Crippen LogP contribution in [0.25, 0.3) is 0 Å². The number of pyridine rings is 1. The molecule has 1 N–H and O–H groups in total.